The number of aromatic nitrogens is 2. The van der Waals surface area contributed by atoms with Crippen molar-refractivity contribution in [1.82, 2.24) is 20.1 Å². The van der Waals surface area contributed by atoms with Crippen molar-refractivity contribution in [3.63, 3.8) is 0 Å². The average Bonchev–Trinajstić information content (AvgIpc) is 3.20. The van der Waals surface area contributed by atoms with Gasteiger partial charge >= 0.3 is 6.03 Å². The summed E-state index contributed by atoms with van der Waals surface area (Å²) < 4.78 is 1.90. The van der Waals surface area contributed by atoms with Crippen LogP contribution in [0.5, 0.6) is 0 Å². The number of hydrogen-bond acceptors (Lipinski definition) is 4. The van der Waals surface area contributed by atoms with E-state index in [0.717, 1.165) is 33.1 Å². The van der Waals surface area contributed by atoms with E-state index >= 15 is 0 Å². The van der Waals surface area contributed by atoms with Crippen LogP contribution in [0.15, 0.2) is 65.8 Å². The van der Waals surface area contributed by atoms with Crippen LogP contribution in [-0.2, 0) is 16.9 Å². The Balaban J connectivity index is 1.60. The molecule has 2 heterocycles. The van der Waals surface area contributed by atoms with E-state index in [1.165, 1.54) is 0 Å². The lowest BCUT2D eigenvalue weighted by molar-refractivity contribution is -0.131. The molecule has 7 nitrogen and oxygen atoms in total. The molecule has 1 aliphatic heterocycles. The number of nitrogens with one attached hydrogen (secondary N) is 1. The third-order valence-electron chi connectivity index (χ3n) is 5.78. The number of nitrogens with zero attached hydrogens (tertiary/aromatic N) is 4. The highest BCUT2D eigenvalue weighted by Gasteiger charge is 2.51. The lowest BCUT2D eigenvalue weighted by Crippen LogP contribution is -2.43. The van der Waals surface area contributed by atoms with Gasteiger partial charge in [0.15, 0.2) is 0 Å². The van der Waals surface area contributed by atoms with Gasteiger partial charge in [0.2, 0.25) is 0 Å². The largest absolute Gasteiger partial charge is 0.346 e. The van der Waals surface area contributed by atoms with E-state index in [-0.39, 0.29) is 5.91 Å². The number of imide groups is 1. The van der Waals surface area contributed by atoms with E-state index in [0.29, 0.717) is 13.0 Å². The highest BCUT2D eigenvalue weighted by Crippen LogP contribution is 2.32. The highest BCUT2D eigenvalue weighted by atomic mass is 16.2. The van der Waals surface area contributed by atoms with E-state index in [9.17, 15) is 9.59 Å². The van der Waals surface area contributed by atoms with Crippen molar-refractivity contribution in [2.24, 2.45) is 5.10 Å². The van der Waals surface area contributed by atoms with Crippen LogP contribution in [0.2, 0.25) is 0 Å². The molecule has 1 aliphatic rings. The molecule has 3 amide bonds. The maximum absolute atomic E-state index is 13.2. The number of urea groups is 1. The van der Waals surface area contributed by atoms with Gasteiger partial charge in [-0.2, -0.15) is 10.2 Å². The van der Waals surface area contributed by atoms with Crippen molar-refractivity contribution >= 4 is 18.2 Å². The molecular formula is C24H25N5O2. The van der Waals surface area contributed by atoms with Crippen molar-refractivity contribution < 1.29 is 9.59 Å². The van der Waals surface area contributed by atoms with Crippen LogP contribution < -0.4 is 5.32 Å². The van der Waals surface area contributed by atoms with Gasteiger partial charge in [0.1, 0.15) is 5.54 Å². The fraction of sp³-hybridized carbons (Fsp3) is 0.250. The molecule has 7 heteroatoms. The first-order valence-corrected chi connectivity index (χ1v) is 10.3. The molecule has 0 aliphatic carbocycles. The molecular weight excluding hydrogens is 390 g/mol. The number of rotatable bonds is 6. The molecule has 1 fully saturated rings. The van der Waals surface area contributed by atoms with E-state index < -0.39 is 11.6 Å². The number of carbonyl (C=O) groups is 2. The number of hydrazone groups is 1. The van der Waals surface area contributed by atoms with Crippen LogP contribution in [0.4, 0.5) is 4.79 Å². The molecule has 158 valence electrons. The fourth-order valence-corrected chi connectivity index (χ4v) is 3.95. The number of benzene rings is 2. The van der Waals surface area contributed by atoms with Gasteiger partial charge < -0.3 is 5.32 Å². The Morgan fingerprint density at radius 1 is 1.03 bits per heavy atom. The minimum atomic E-state index is -1.10. The Kier molecular flexibility index (Phi) is 5.42. The number of amides is 3. The minimum Gasteiger partial charge on any atom is -0.318 e. The molecule has 4 rings (SSSR count). The molecule has 1 atom stereocenters. The van der Waals surface area contributed by atoms with E-state index in [2.05, 4.69) is 15.5 Å². The third kappa shape index (κ3) is 3.63. The van der Waals surface area contributed by atoms with Gasteiger partial charge in [0, 0.05) is 11.3 Å². The minimum absolute atomic E-state index is 0.380. The van der Waals surface area contributed by atoms with E-state index in [1.54, 1.807) is 6.21 Å². The van der Waals surface area contributed by atoms with E-state index in [1.807, 2.05) is 86.1 Å². The summed E-state index contributed by atoms with van der Waals surface area (Å²) in [4.78, 5) is 25.8. The molecule has 0 radical (unpaired) electrons. The second-order valence-corrected chi connectivity index (χ2v) is 7.64. The normalized spacial score (nSPS) is 18.7. The summed E-state index contributed by atoms with van der Waals surface area (Å²) in [6.45, 7) is 6.36. The van der Waals surface area contributed by atoms with E-state index in [4.69, 9.17) is 0 Å². The van der Waals surface area contributed by atoms with Gasteiger partial charge in [-0.3, -0.25) is 9.48 Å². The number of aryl methyl sites for hydroxylation is 1. The molecule has 1 saturated heterocycles. The maximum atomic E-state index is 13.2. The first kappa shape index (κ1) is 20.5. The van der Waals surface area contributed by atoms with Gasteiger partial charge in [-0.15, -0.1) is 5.01 Å². The summed E-state index contributed by atoms with van der Waals surface area (Å²) in [5.41, 5.74) is 3.29. The van der Waals surface area contributed by atoms with Crippen molar-refractivity contribution in [2.45, 2.75) is 39.3 Å². The maximum Gasteiger partial charge on any atom is 0.346 e. The summed E-state index contributed by atoms with van der Waals surface area (Å²) in [5, 5.41) is 12.6. The van der Waals surface area contributed by atoms with Gasteiger partial charge in [-0.05, 0) is 31.4 Å². The summed E-state index contributed by atoms with van der Waals surface area (Å²) in [5.74, 6) is -0.380. The van der Waals surface area contributed by atoms with Gasteiger partial charge in [-0.1, -0.05) is 67.6 Å². The smallest absolute Gasteiger partial charge is 0.318 e. The molecule has 3 aromatic rings. The Bertz CT molecular complexity index is 1140. The Morgan fingerprint density at radius 2 is 1.68 bits per heavy atom. The third-order valence-corrected chi connectivity index (χ3v) is 5.78. The first-order valence-electron chi connectivity index (χ1n) is 10.3. The van der Waals surface area contributed by atoms with Crippen LogP contribution in [0.25, 0.3) is 0 Å². The van der Waals surface area contributed by atoms with Crippen LogP contribution in [0, 0.1) is 13.8 Å². The molecule has 0 saturated carbocycles. The molecule has 1 aromatic heterocycles. The molecule has 0 unspecified atom stereocenters. The lowest BCUT2D eigenvalue weighted by Gasteiger charge is -2.24. The monoisotopic (exact) mass is 415 g/mol. The Hall–Kier alpha value is -3.74. The van der Waals surface area contributed by atoms with Crippen molar-refractivity contribution in [3.05, 3.63) is 88.7 Å². The zero-order valence-corrected chi connectivity index (χ0v) is 17.9. The molecule has 1 N–H and O–H groups in total. The van der Waals surface area contributed by atoms with Crippen molar-refractivity contribution in [2.75, 3.05) is 0 Å². The van der Waals surface area contributed by atoms with Gasteiger partial charge in [0.05, 0.1) is 18.5 Å². The number of hydrogen-bond donors (Lipinski definition) is 1. The second-order valence-electron chi connectivity index (χ2n) is 7.64. The highest BCUT2D eigenvalue weighted by molar-refractivity contribution is 6.07. The summed E-state index contributed by atoms with van der Waals surface area (Å²) >= 11 is 0. The Morgan fingerprint density at radius 3 is 2.32 bits per heavy atom. The van der Waals surface area contributed by atoms with Gasteiger partial charge in [0.25, 0.3) is 5.91 Å². The standard InChI is InChI=1S/C24H25N5O2/c1-4-24(20-13-9-6-10-14-20)22(30)29(23(31)26-24)25-15-21-17(2)27-28(18(21)3)16-19-11-7-5-8-12-19/h5-15H,4,16H2,1-3H3,(H,26,31)/b25-15-/t24-/m0/s1. The molecule has 2 aromatic carbocycles. The SMILES string of the molecule is CC[C@@]1(c2ccccc2)NC(=O)N(/N=C\c2c(C)nn(Cc3ccccc3)c2C)C1=O. The first-order chi connectivity index (χ1) is 15.0. The zero-order chi connectivity index (χ0) is 22.0. The predicted molar refractivity (Wildman–Crippen MR) is 119 cm³/mol. The average molecular weight is 415 g/mol. The van der Waals surface area contributed by atoms with Crippen LogP contribution in [-0.4, -0.2) is 32.9 Å². The molecule has 0 spiro atoms. The molecule has 0 bridgehead atoms. The summed E-state index contributed by atoms with van der Waals surface area (Å²) in [6.07, 6.45) is 1.98. The van der Waals surface area contributed by atoms with Gasteiger partial charge in [-0.25, -0.2) is 4.79 Å². The topological polar surface area (TPSA) is 79.6 Å². The quantitative estimate of drug-likeness (QED) is 0.492. The summed E-state index contributed by atoms with van der Waals surface area (Å²) in [7, 11) is 0. The van der Waals surface area contributed by atoms with Crippen LogP contribution in [0.1, 0.15) is 41.4 Å². The van der Waals surface area contributed by atoms with Crippen LogP contribution >= 0.6 is 0 Å². The fourth-order valence-electron chi connectivity index (χ4n) is 3.95. The second kappa shape index (κ2) is 8.18. The molecule has 31 heavy (non-hydrogen) atoms. The summed E-state index contributed by atoms with van der Waals surface area (Å²) in [6, 6.07) is 18.8. The van der Waals surface area contributed by atoms with Crippen molar-refractivity contribution in [1.29, 1.82) is 0 Å². The van der Waals surface area contributed by atoms with Crippen molar-refractivity contribution in [3.8, 4) is 0 Å². The zero-order valence-electron chi connectivity index (χ0n) is 17.9. The number of carbonyl (C=O) groups excluding carboxylic acids is 2. The lowest BCUT2D eigenvalue weighted by atomic mass is 9.87. The predicted octanol–water partition coefficient (Wildman–Crippen LogP) is 3.74. The van der Waals surface area contributed by atoms with Crippen LogP contribution in [0.3, 0.4) is 0 Å². The Labute approximate surface area is 181 Å².